The number of amides is 1. The summed E-state index contributed by atoms with van der Waals surface area (Å²) in [5.74, 6) is 1.64. The summed E-state index contributed by atoms with van der Waals surface area (Å²) in [5.41, 5.74) is -0.723. The van der Waals surface area contributed by atoms with Gasteiger partial charge in [0.1, 0.15) is 5.41 Å². The van der Waals surface area contributed by atoms with Gasteiger partial charge in [0.05, 0.1) is 6.07 Å². The second kappa shape index (κ2) is 7.11. The van der Waals surface area contributed by atoms with E-state index in [1.54, 1.807) is 0 Å². The van der Waals surface area contributed by atoms with Crippen molar-refractivity contribution in [2.45, 2.75) is 71.1 Å². The summed E-state index contributed by atoms with van der Waals surface area (Å²) < 4.78 is 0. The minimum absolute atomic E-state index is 0.0103. The van der Waals surface area contributed by atoms with Crippen molar-refractivity contribution in [3.63, 3.8) is 0 Å². The molecule has 0 saturated heterocycles. The highest BCUT2D eigenvalue weighted by Crippen LogP contribution is 2.36. The van der Waals surface area contributed by atoms with Gasteiger partial charge in [-0.25, -0.2) is 0 Å². The Labute approximate surface area is 123 Å². The highest BCUT2D eigenvalue weighted by atomic mass is 16.2. The first-order valence-electron chi connectivity index (χ1n) is 8.36. The number of nitrogens with one attached hydrogen (secondary N) is 1. The fourth-order valence-electron chi connectivity index (χ4n) is 3.72. The van der Waals surface area contributed by atoms with E-state index in [1.165, 1.54) is 25.7 Å². The van der Waals surface area contributed by atoms with E-state index in [4.69, 9.17) is 0 Å². The van der Waals surface area contributed by atoms with Crippen molar-refractivity contribution in [2.75, 3.05) is 6.54 Å². The summed E-state index contributed by atoms with van der Waals surface area (Å²) in [7, 11) is 0. The van der Waals surface area contributed by atoms with Crippen molar-refractivity contribution in [3.05, 3.63) is 0 Å². The number of carbonyl (C=O) groups is 1. The molecule has 112 valence electrons. The van der Waals surface area contributed by atoms with Crippen LogP contribution < -0.4 is 5.32 Å². The standard InChI is InChI=1S/C17H28N2O/c1-14-5-7-15(8-6-14)9-12-19-16(20)17(13-18)10-3-2-4-11-17/h14-15H,2-12H2,1H3,(H,19,20). The van der Waals surface area contributed by atoms with Crippen molar-refractivity contribution < 1.29 is 4.79 Å². The van der Waals surface area contributed by atoms with Gasteiger partial charge in [0.2, 0.25) is 5.91 Å². The second-order valence-corrected chi connectivity index (χ2v) is 6.93. The van der Waals surface area contributed by atoms with Gasteiger partial charge < -0.3 is 5.32 Å². The monoisotopic (exact) mass is 276 g/mol. The molecule has 3 nitrogen and oxygen atoms in total. The Balaban J connectivity index is 1.73. The van der Waals surface area contributed by atoms with E-state index in [0.717, 1.165) is 56.9 Å². The van der Waals surface area contributed by atoms with Gasteiger partial charge in [-0.05, 0) is 31.1 Å². The molecule has 0 atom stereocenters. The Hall–Kier alpha value is -1.04. The smallest absolute Gasteiger partial charge is 0.240 e. The Morgan fingerprint density at radius 1 is 1.20 bits per heavy atom. The number of nitriles is 1. The summed E-state index contributed by atoms with van der Waals surface area (Å²) in [6, 6.07) is 2.30. The van der Waals surface area contributed by atoms with Crippen LogP contribution in [0.4, 0.5) is 0 Å². The van der Waals surface area contributed by atoms with Gasteiger partial charge in [-0.15, -0.1) is 0 Å². The summed E-state index contributed by atoms with van der Waals surface area (Å²) in [6.07, 6.45) is 11.1. The maximum absolute atomic E-state index is 12.3. The molecule has 20 heavy (non-hydrogen) atoms. The van der Waals surface area contributed by atoms with Gasteiger partial charge in [0.15, 0.2) is 0 Å². The fraction of sp³-hybridized carbons (Fsp3) is 0.882. The molecule has 0 heterocycles. The maximum Gasteiger partial charge on any atom is 0.240 e. The average Bonchev–Trinajstić information content (AvgIpc) is 2.50. The molecule has 2 rings (SSSR count). The highest BCUT2D eigenvalue weighted by molar-refractivity contribution is 5.85. The highest BCUT2D eigenvalue weighted by Gasteiger charge is 2.39. The molecule has 0 spiro atoms. The Morgan fingerprint density at radius 2 is 1.85 bits per heavy atom. The molecule has 2 fully saturated rings. The lowest BCUT2D eigenvalue weighted by molar-refractivity contribution is -0.129. The van der Waals surface area contributed by atoms with Crippen LogP contribution in [0.5, 0.6) is 0 Å². The number of hydrogen-bond donors (Lipinski definition) is 1. The third-order valence-corrected chi connectivity index (χ3v) is 5.33. The maximum atomic E-state index is 12.3. The first kappa shape index (κ1) is 15.4. The SMILES string of the molecule is CC1CCC(CCNC(=O)C2(C#N)CCCCC2)CC1. The summed E-state index contributed by atoms with van der Waals surface area (Å²) in [5, 5.41) is 12.4. The fourth-order valence-corrected chi connectivity index (χ4v) is 3.72. The van der Waals surface area contributed by atoms with Crippen LogP contribution in [-0.4, -0.2) is 12.5 Å². The lowest BCUT2D eigenvalue weighted by Gasteiger charge is -2.30. The summed E-state index contributed by atoms with van der Waals surface area (Å²) in [4.78, 5) is 12.3. The lowest BCUT2D eigenvalue weighted by atomic mass is 9.74. The lowest BCUT2D eigenvalue weighted by Crippen LogP contribution is -2.42. The summed E-state index contributed by atoms with van der Waals surface area (Å²) >= 11 is 0. The van der Waals surface area contributed by atoms with Gasteiger partial charge in [-0.1, -0.05) is 51.9 Å². The van der Waals surface area contributed by atoms with E-state index in [2.05, 4.69) is 18.3 Å². The predicted molar refractivity (Wildman–Crippen MR) is 79.9 cm³/mol. The molecule has 3 heteroatoms. The van der Waals surface area contributed by atoms with E-state index in [1.807, 2.05) is 0 Å². The molecule has 0 radical (unpaired) electrons. The Kier molecular flexibility index (Phi) is 5.46. The molecule has 0 aromatic rings. The van der Waals surface area contributed by atoms with E-state index in [9.17, 15) is 10.1 Å². The van der Waals surface area contributed by atoms with E-state index in [-0.39, 0.29) is 5.91 Å². The molecule has 0 aromatic carbocycles. The van der Waals surface area contributed by atoms with Crippen molar-refractivity contribution in [2.24, 2.45) is 17.3 Å². The van der Waals surface area contributed by atoms with Crippen molar-refractivity contribution in [1.29, 1.82) is 5.26 Å². The van der Waals surface area contributed by atoms with E-state index < -0.39 is 5.41 Å². The molecular weight excluding hydrogens is 248 g/mol. The molecule has 0 aliphatic heterocycles. The number of carbonyl (C=O) groups excluding carboxylic acids is 1. The first-order valence-corrected chi connectivity index (χ1v) is 8.36. The Bertz CT molecular complexity index is 358. The van der Waals surface area contributed by atoms with Crippen molar-refractivity contribution in [1.82, 2.24) is 5.32 Å². The largest absolute Gasteiger partial charge is 0.355 e. The number of hydrogen-bond acceptors (Lipinski definition) is 2. The van der Waals surface area contributed by atoms with Crippen LogP contribution >= 0.6 is 0 Å². The zero-order chi connectivity index (χ0) is 14.4. The van der Waals surface area contributed by atoms with Gasteiger partial charge >= 0.3 is 0 Å². The molecule has 0 aromatic heterocycles. The minimum atomic E-state index is -0.723. The number of rotatable bonds is 4. The summed E-state index contributed by atoms with van der Waals surface area (Å²) in [6.45, 7) is 3.08. The van der Waals surface area contributed by atoms with Crippen LogP contribution in [0.15, 0.2) is 0 Å². The quantitative estimate of drug-likeness (QED) is 0.849. The Morgan fingerprint density at radius 3 is 2.45 bits per heavy atom. The van der Waals surface area contributed by atoms with Gasteiger partial charge in [0.25, 0.3) is 0 Å². The molecule has 1 N–H and O–H groups in total. The van der Waals surface area contributed by atoms with Crippen LogP contribution in [-0.2, 0) is 4.79 Å². The zero-order valence-electron chi connectivity index (χ0n) is 12.8. The van der Waals surface area contributed by atoms with Crippen LogP contribution in [0.3, 0.4) is 0 Å². The van der Waals surface area contributed by atoms with Crippen molar-refractivity contribution >= 4 is 5.91 Å². The van der Waals surface area contributed by atoms with Gasteiger partial charge in [-0.2, -0.15) is 5.26 Å². The molecule has 0 unspecified atom stereocenters. The zero-order valence-corrected chi connectivity index (χ0v) is 12.8. The number of nitrogens with zero attached hydrogens (tertiary/aromatic N) is 1. The van der Waals surface area contributed by atoms with Crippen LogP contribution in [0, 0.1) is 28.6 Å². The first-order chi connectivity index (χ1) is 9.66. The van der Waals surface area contributed by atoms with Crippen LogP contribution in [0.25, 0.3) is 0 Å². The normalized spacial score (nSPS) is 29.4. The molecule has 2 aliphatic rings. The van der Waals surface area contributed by atoms with E-state index in [0.29, 0.717) is 0 Å². The topological polar surface area (TPSA) is 52.9 Å². The van der Waals surface area contributed by atoms with Crippen LogP contribution in [0.2, 0.25) is 0 Å². The molecule has 0 bridgehead atoms. The average molecular weight is 276 g/mol. The van der Waals surface area contributed by atoms with Gasteiger partial charge in [-0.3, -0.25) is 4.79 Å². The second-order valence-electron chi connectivity index (χ2n) is 6.93. The van der Waals surface area contributed by atoms with Crippen LogP contribution in [0.1, 0.15) is 71.1 Å². The minimum Gasteiger partial charge on any atom is -0.355 e. The molecular formula is C17H28N2O. The molecule has 1 amide bonds. The third kappa shape index (κ3) is 3.75. The van der Waals surface area contributed by atoms with E-state index >= 15 is 0 Å². The van der Waals surface area contributed by atoms with Crippen molar-refractivity contribution in [3.8, 4) is 6.07 Å². The van der Waals surface area contributed by atoms with Gasteiger partial charge in [0, 0.05) is 6.54 Å². The molecule has 2 saturated carbocycles. The third-order valence-electron chi connectivity index (χ3n) is 5.33. The molecule has 2 aliphatic carbocycles. The predicted octanol–water partition coefficient (Wildman–Crippen LogP) is 3.79.